The molecule has 1 aliphatic rings. The Morgan fingerprint density at radius 2 is 2.29 bits per heavy atom. The number of para-hydroxylation sites is 1. The molecular formula is C12H16N2O3. The molecule has 1 atom stereocenters. The minimum Gasteiger partial charge on any atom is -0.391 e. The first-order valence-electron chi connectivity index (χ1n) is 5.75. The average molecular weight is 236 g/mol. The van der Waals surface area contributed by atoms with Gasteiger partial charge < -0.3 is 10.4 Å². The van der Waals surface area contributed by atoms with Crippen LogP contribution in [0.1, 0.15) is 18.4 Å². The van der Waals surface area contributed by atoms with E-state index >= 15 is 0 Å². The van der Waals surface area contributed by atoms with Crippen LogP contribution in [0.15, 0.2) is 18.2 Å². The molecule has 0 heterocycles. The monoisotopic (exact) mass is 236 g/mol. The summed E-state index contributed by atoms with van der Waals surface area (Å²) in [4.78, 5) is 10.5. The van der Waals surface area contributed by atoms with Crippen LogP contribution in [0.25, 0.3) is 0 Å². The Kier molecular flexibility index (Phi) is 3.28. The number of nitrogens with zero attached hydrogens (tertiary/aromatic N) is 1. The van der Waals surface area contributed by atoms with E-state index in [0.717, 1.165) is 12.8 Å². The first-order valence-corrected chi connectivity index (χ1v) is 5.75. The van der Waals surface area contributed by atoms with Crippen molar-refractivity contribution in [1.82, 2.24) is 0 Å². The van der Waals surface area contributed by atoms with Gasteiger partial charge in [-0.3, -0.25) is 10.1 Å². The van der Waals surface area contributed by atoms with Crippen molar-refractivity contribution >= 4 is 11.4 Å². The van der Waals surface area contributed by atoms with Crippen molar-refractivity contribution in [2.75, 3.05) is 11.9 Å². The second-order valence-corrected chi connectivity index (χ2v) is 4.51. The molecule has 1 fully saturated rings. The highest BCUT2D eigenvalue weighted by Crippen LogP contribution is 2.33. The summed E-state index contributed by atoms with van der Waals surface area (Å²) in [5, 5.41) is 23.6. The first kappa shape index (κ1) is 11.9. The van der Waals surface area contributed by atoms with Gasteiger partial charge in [-0.1, -0.05) is 12.1 Å². The van der Waals surface area contributed by atoms with E-state index in [2.05, 4.69) is 5.32 Å². The molecule has 0 amide bonds. The Morgan fingerprint density at radius 3 is 2.88 bits per heavy atom. The molecule has 0 radical (unpaired) electrons. The predicted molar refractivity (Wildman–Crippen MR) is 65.1 cm³/mol. The minimum absolute atomic E-state index is 0.0931. The fourth-order valence-corrected chi connectivity index (χ4v) is 1.91. The number of nitro benzene ring substituents is 1. The Morgan fingerprint density at radius 1 is 1.59 bits per heavy atom. The molecule has 1 aromatic rings. The molecule has 0 aromatic heterocycles. The van der Waals surface area contributed by atoms with E-state index in [-0.39, 0.29) is 10.6 Å². The van der Waals surface area contributed by atoms with Crippen molar-refractivity contribution in [2.45, 2.75) is 25.9 Å². The standard InChI is InChI=1S/C12H16N2O3/c1-8-3-2-4-10(12(8)14(16)17)13-7-11(15)9-5-6-9/h2-4,9,11,13,15H,5-7H2,1H3. The maximum Gasteiger partial charge on any atom is 0.295 e. The second kappa shape index (κ2) is 4.71. The second-order valence-electron chi connectivity index (χ2n) is 4.51. The van der Waals surface area contributed by atoms with Crippen molar-refractivity contribution in [3.63, 3.8) is 0 Å². The molecule has 2 N–H and O–H groups in total. The van der Waals surface area contributed by atoms with Gasteiger partial charge in [0.2, 0.25) is 0 Å². The molecule has 5 nitrogen and oxygen atoms in total. The van der Waals surface area contributed by atoms with Crippen molar-refractivity contribution < 1.29 is 10.0 Å². The van der Waals surface area contributed by atoms with Crippen molar-refractivity contribution in [1.29, 1.82) is 0 Å². The quantitative estimate of drug-likeness (QED) is 0.606. The summed E-state index contributed by atoms with van der Waals surface area (Å²) in [5.74, 6) is 0.367. The van der Waals surface area contributed by atoms with Gasteiger partial charge in [0.05, 0.1) is 11.0 Å². The fraction of sp³-hybridized carbons (Fsp3) is 0.500. The van der Waals surface area contributed by atoms with Crippen LogP contribution in [0.5, 0.6) is 0 Å². The molecule has 17 heavy (non-hydrogen) atoms. The van der Waals surface area contributed by atoms with E-state index in [9.17, 15) is 15.2 Å². The zero-order chi connectivity index (χ0) is 12.4. The highest BCUT2D eigenvalue weighted by molar-refractivity contribution is 5.65. The molecule has 0 saturated heterocycles. The first-order chi connectivity index (χ1) is 8.09. The maximum absolute atomic E-state index is 10.9. The van der Waals surface area contributed by atoms with Crippen LogP contribution in [0.3, 0.4) is 0 Å². The lowest BCUT2D eigenvalue weighted by Crippen LogP contribution is -2.21. The Hall–Kier alpha value is -1.62. The van der Waals surface area contributed by atoms with Gasteiger partial charge in [0.25, 0.3) is 5.69 Å². The molecule has 2 rings (SSSR count). The van der Waals surface area contributed by atoms with Gasteiger partial charge in [-0.05, 0) is 31.7 Å². The van der Waals surface area contributed by atoms with Gasteiger partial charge in [0, 0.05) is 12.1 Å². The fourth-order valence-electron chi connectivity index (χ4n) is 1.91. The topological polar surface area (TPSA) is 75.4 Å². The van der Waals surface area contributed by atoms with E-state index in [4.69, 9.17) is 0 Å². The summed E-state index contributed by atoms with van der Waals surface area (Å²) in [6.07, 6.45) is 1.70. The molecule has 1 unspecified atom stereocenters. The van der Waals surface area contributed by atoms with Crippen LogP contribution in [-0.4, -0.2) is 22.7 Å². The summed E-state index contributed by atoms with van der Waals surface area (Å²) >= 11 is 0. The zero-order valence-corrected chi connectivity index (χ0v) is 9.72. The molecule has 0 aliphatic heterocycles. The summed E-state index contributed by atoms with van der Waals surface area (Å²) in [6, 6.07) is 5.15. The molecule has 1 saturated carbocycles. The minimum atomic E-state index is -0.407. The molecule has 0 bridgehead atoms. The van der Waals surface area contributed by atoms with Gasteiger partial charge in [0.1, 0.15) is 5.69 Å². The van der Waals surface area contributed by atoms with Crippen LogP contribution in [0, 0.1) is 23.0 Å². The number of nitrogens with one attached hydrogen (secondary N) is 1. The van der Waals surface area contributed by atoms with Gasteiger partial charge in [-0.25, -0.2) is 0 Å². The summed E-state index contributed by atoms with van der Waals surface area (Å²) < 4.78 is 0. The van der Waals surface area contributed by atoms with Crippen molar-refractivity contribution in [2.24, 2.45) is 5.92 Å². The van der Waals surface area contributed by atoms with Gasteiger partial charge in [-0.15, -0.1) is 0 Å². The Labute approximate surface area is 99.6 Å². The van der Waals surface area contributed by atoms with Crippen molar-refractivity contribution in [3.8, 4) is 0 Å². The van der Waals surface area contributed by atoms with E-state index in [1.165, 1.54) is 0 Å². The van der Waals surface area contributed by atoms with Crippen LogP contribution < -0.4 is 5.32 Å². The Bertz CT molecular complexity index is 430. The number of hydrogen-bond acceptors (Lipinski definition) is 4. The summed E-state index contributed by atoms with van der Waals surface area (Å²) in [5.41, 5.74) is 1.20. The average Bonchev–Trinajstić information content (AvgIpc) is 3.08. The van der Waals surface area contributed by atoms with Gasteiger partial charge in [-0.2, -0.15) is 0 Å². The lowest BCUT2D eigenvalue weighted by atomic mass is 10.1. The van der Waals surface area contributed by atoms with E-state index in [1.54, 1.807) is 25.1 Å². The number of aliphatic hydroxyl groups is 1. The van der Waals surface area contributed by atoms with Crippen molar-refractivity contribution in [3.05, 3.63) is 33.9 Å². The SMILES string of the molecule is Cc1cccc(NCC(O)C2CC2)c1[N+](=O)[O-]. The lowest BCUT2D eigenvalue weighted by molar-refractivity contribution is -0.384. The van der Waals surface area contributed by atoms with Gasteiger partial charge >= 0.3 is 0 Å². The van der Waals surface area contributed by atoms with Crippen LogP contribution in [0.4, 0.5) is 11.4 Å². The Balaban J connectivity index is 2.08. The highest BCUT2D eigenvalue weighted by Gasteiger charge is 2.29. The number of benzene rings is 1. The van der Waals surface area contributed by atoms with Crippen LogP contribution in [-0.2, 0) is 0 Å². The molecule has 0 spiro atoms. The maximum atomic E-state index is 10.9. The number of hydrogen-bond donors (Lipinski definition) is 2. The number of anilines is 1. The van der Waals surface area contributed by atoms with E-state index < -0.39 is 6.10 Å². The van der Waals surface area contributed by atoms with Crippen LogP contribution in [0.2, 0.25) is 0 Å². The smallest absolute Gasteiger partial charge is 0.295 e. The summed E-state index contributed by atoms with van der Waals surface area (Å²) in [7, 11) is 0. The predicted octanol–water partition coefficient (Wildman–Crippen LogP) is 2.09. The third-order valence-corrected chi connectivity index (χ3v) is 3.09. The lowest BCUT2D eigenvalue weighted by Gasteiger charge is -2.12. The molecule has 1 aliphatic carbocycles. The molecule has 92 valence electrons. The third kappa shape index (κ3) is 2.74. The number of aliphatic hydroxyl groups excluding tert-OH is 1. The number of rotatable bonds is 5. The van der Waals surface area contributed by atoms with E-state index in [1.807, 2.05) is 0 Å². The largest absolute Gasteiger partial charge is 0.391 e. The molecule has 1 aromatic carbocycles. The summed E-state index contributed by atoms with van der Waals surface area (Å²) in [6.45, 7) is 2.08. The number of nitro groups is 1. The molecular weight excluding hydrogens is 220 g/mol. The normalized spacial score (nSPS) is 16.6. The van der Waals surface area contributed by atoms with E-state index in [0.29, 0.717) is 23.7 Å². The third-order valence-electron chi connectivity index (χ3n) is 3.09. The zero-order valence-electron chi connectivity index (χ0n) is 9.72. The highest BCUT2D eigenvalue weighted by atomic mass is 16.6. The van der Waals surface area contributed by atoms with Gasteiger partial charge in [0.15, 0.2) is 0 Å². The van der Waals surface area contributed by atoms with Crippen LogP contribution >= 0.6 is 0 Å². The number of aryl methyl sites for hydroxylation is 1. The molecule has 5 heteroatoms.